The van der Waals surface area contributed by atoms with Crippen molar-refractivity contribution in [2.75, 3.05) is 25.0 Å². The third-order valence-corrected chi connectivity index (χ3v) is 8.94. The van der Waals surface area contributed by atoms with Gasteiger partial charge in [0.1, 0.15) is 17.2 Å². The van der Waals surface area contributed by atoms with Crippen molar-refractivity contribution in [3.05, 3.63) is 95.7 Å². The number of piperidine rings is 1. The number of hydrogen-bond donors (Lipinski definition) is 3. The van der Waals surface area contributed by atoms with Crippen LogP contribution in [0.25, 0.3) is 11.0 Å². The summed E-state index contributed by atoms with van der Waals surface area (Å²) in [6.07, 6.45) is 2.46. The highest BCUT2D eigenvalue weighted by atomic mass is 16.6. The zero-order chi connectivity index (χ0) is 37.3. The number of carbonyl (C=O) groups excluding carboxylic acids is 4. The summed E-state index contributed by atoms with van der Waals surface area (Å²) in [6.45, 7) is 9.67. The Hall–Kier alpha value is -5.23. The molecule has 276 valence electrons. The summed E-state index contributed by atoms with van der Waals surface area (Å²) in [5.41, 5.74) is 1.52. The van der Waals surface area contributed by atoms with Gasteiger partial charge in [0.05, 0.1) is 18.9 Å². The molecule has 0 bridgehead atoms. The van der Waals surface area contributed by atoms with Crippen LogP contribution >= 0.6 is 0 Å². The molecule has 0 radical (unpaired) electrons. The lowest BCUT2D eigenvalue weighted by Gasteiger charge is -2.35. The van der Waals surface area contributed by atoms with Crippen LogP contribution in [-0.4, -0.2) is 70.7 Å². The fourth-order valence-electron chi connectivity index (χ4n) is 6.04. The average Bonchev–Trinajstić information content (AvgIpc) is 3.52. The minimum absolute atomic E-state index is 0.0290. The van der Waals surface area contributed by atoms with E-state index in [4.69, 9.17) is 14.0 Å². The largest absolute Gasteiger partial charge is 0.444 e. The molecule has 1 atom stereocenters. The van der Waals surface area contributed by atoms with E-state index >= 15 is 0 Å². The van der Waals surface area contributed by atoms with Gasteiger partial charge < -0.3 is 34.8 Å². The number of hydrogen-bond acceptors (Lipinski definition) is 8. The van der Waals surface area contributed by atoms with Crippen molar-refractivity contribution in [2.24, 2.45) is 5.92 Å². The molecule has 3 N–H and O–H groups in total. The predicted octanol–water partition coefficient (Wildman–Crippen LogP) is 6.26. The van der Waals surface area contributed by atoms with Crippen LogP contribution in [0.2, 0.25) is 0 Å². The van der Waals surface area contributed by atoms with Crippen molar-refractivity contribution in [1.82, 2.24) is 20.7 Å². The number of alkyl carbamates (subject to hydrolysis) is 1. The second-order valence-corrected chi connectivity index (χ2v) is 14.7. The number of carbonyl (C=O) groups is 4. The van der Waals surface area contributed by atoms with Gasteiger partial charge in [0.25, 0.3) is 5.91 Å². The first-order valence-corrected chi connectivity index (χ1v) is 17.7. The maximum atomic E-state index is 13.9. The van der Waals surface area contributed by atoms with E-state index in [0.717, 1.165) is 35.9 Å². The zero-order valence-corrected chi connectivity index (χ0v) is 30.6. The van der Waals surface area contributed by atoms with Gasteiger partial charge >= 0.3 is 6.09 Å². The molecule has 1 aliphatic rings. The number of aryl methyl sites for hydroxylation is 1. The highest BCUT2D eigenvalue weighted by Gasteiger charge is 2.36. The second kappa shape index (κ2) is 16.9. The van der Waals surface area contributed by atoms with Gasteiger partial charge in [-0.2, -0.15) is 0 Å². The normalized spacial score (nSPS) is 14.4. The smallest absolute Gasteiger partial charge is 0.408 e. The third-order valence-electron chi connectivity index (χ3n) is 8.94. The van der Waals surface area contributed by atoms with Crippen LogP contribution in [0.1, 0.15) is 75.5 Å². The number of benzene rings is 3. The van der Waals surface area contributed by atoms with E-state index in [2.05, 4.69) is 21.1 Å². The van der Waals surface area contributed by atoms with Crippen molar-refractivity contribution in [1.29, 1.82) is 0 Å². The van der Waals surface area contributed by atoms with Gasteiger partial charge in [0, 0.05) is 35.8 Å². The van der Waals surface area contributed by atoms with Crippen LogP contribution in [0.3, 0.4) is 0 Å². The summed E-state index contributed by atoms with van der Waals surface area (Å²) >= 11 is 0. The minimum atomic E-state index is -1.35. The Balaban J connectivity index is 1.15. The topological polar surface area (TPSA) is 152 Å². The number of nitrogens with zero attached hydrogens (tertiary/aromatic N) is 2. The molecule has 5 rings (SSSR count). The van der Waals surface area contributed by atoms with Gasteiger partial charge in [-0.1, -0.05) is 53.7 Å². The van der Waals surface area contributed by atoms with Gasteiger partial charge in [-0.25, -0.2) is 4.79 Å². The van der Waals surface area contributed by atoms with Crippen LogP contribution in [0.5, 0.6) is 0 Å². The first kappa shape index (κ1) is 38.0. The first-order chi connectivity index (χ1) is 24.8. The van der Waals surface area contributed by atoms with E-state index < -0.39 is 29.2 Å². The van der Waals surface area contributed by atoms with Crippen LogP contribution in [0.15, 0.2) is 83.4 Å². The molecule has 0 spiro atoms. The molecule has 52 heavy (non-hydrogen) atoms. The van der Waals surface area contributed by atoms with Gasteiger partial charge in [-0.05, 0) is 96.0 Å². The lowest BCUT2D eigenvalue weighted by molar-refractivity contribution is -0.140. The Kier molecular flexibility index (Phi) is 12.3. The molecule has 0 unspecified atom stereocenters. The Labute approximate surface area is 304 Å². The molecule has 1 aromatic heterocycles. The number of nitrogens with one attached hydrogen (secondary N) is 3. The SMILES string of the molecule is CC(C)(C)OC(=O)NC(C)(C)C(=O)N[C@H](COCc1ccccc1)C(=O)N1CCC(CCc2noc3cc(NC(=O)c4ccccc4)ccc23)CC1. The van der Waals surface area contributed by atoms with E-state index in [0.29, 0.717) is 42.3 Å². The fraction of sp³-hybridized carbons (Fsp3) is 0.425. The first-order valence-electron chi connectivity index (χ1n) is 17.7. The minimum Gasteiger partial charge on any atom is -0.444 e. The summed E-state index contributed by atoms with van der Waals surface area (Å²) in [4.78, 5) is 54.1. The number of fused-ring (bicyclic) bond motifs is 1. The van der Waals surface area contributed by atoms with E-state index in [1.165, 1.54) is 0 Å². The van der Waals surface area contributed by atoms with Crippen molar-refractivity contribution >= 4 is 40.5 Å². The summed E-state index contributed by atoms with van der Waals surface area (Å²) in [7, 11) is 0. The molecule has 4 aromatic rings. The van der Waals surface area contributed by atoms with E-state index in [-0.39, 0.29) is 25.0 Å². The Morgan fingerprint density at radius 2 is 1.60 bits per heavy atom. The van der Waals surface area contributed by atoms with Gasteiger partial charge in [-0.3, -0.25) is 14.4 Å². The Morgan fingerprint density at radius 3 is 2.27 bits per heavy atom. The molecule has 2 heterocycles. The molecule has 0 aliphatic carbocycles. The predicted molar refractivity (Wildman–Crippen MR) is 198 cm³/mol. The monoisotopic (exact) mass is 711 g/mol. The fourth-order valence-corrected chi connectivity index (χ4v) is 6.04. The van der Waals surface area contributed by atoms with Gasteiger partial charge in [-0.15, -0.1) is 0 Å². The number of anilines is 1. The quantitative estimate of drug-likeness (QED) is 0.147. The maximum absolute atomic E-state index is 13.9. The molecule has 3 aromatic carbocycles. The molecule has 12 heteroatoms. The Bertz CT molecular complexity index is 1830. The number of likely N-dealkylation sites (tertiary alicyclic amines) is 1. The summed E-state index contributed by atoms with van der Waals surface area (Å²) in [5.74, 6) is -0.581. The van der Waals surface area contributed by atoms with Crippen molar-refractivity contribution < 1.29 is 33.2 Å². The second-order valence-electron chi connectivity index (χ2n) is 14.7. The lowest BCUT2D eigenvalue weighted by Crippen LogP contribution is -2.61. The van der Waals surface area contributed by atoms with Crippen LogP contribution in [0, 0.1) is 5.92 Å². The number of amides is 4. The lowest BCUT2D eigenvalue weighted by atomic mass is 9.91. The third kappa shape index (κ3) is 10.6. The molecule has 1 fully saturated rings. The molecule has 12 nitrogen and oxygen atoms in total. The van der Waals surface area contributed by atoms with E-state index in [9.17, 15) is 19.2 Å². The summed E-state index contributed by atoms with van der Waals surface area (Å²) in [5, 5.41) is 13.6. The van der Waals surface area contributed by atoms with Crippen molar-refractivity contribution in [3.8, 4) is 0 Å². The molecular weight excluding hydrogens is 662 g/mol. The van der Waals surface area contributed by atoms with Crippen molar-refractivity contribution in [3.63, 3.8) is 0 Å². The van der Waals surface area contributed by atoms with Crippen LogP contribution in [-0.2, 0) is 32.1 Å². The molecule has 0 saturated carbocycles. The average molecular weight is 712 g/mol. The number of aromatic nitrogens is 1. The molecule has 4 amide bonds. The molecular formula is C40H49N5O7. The van der Waals surface area contributed by atoms with Gasteiger partial charge in [0.15, 0.2) is 5.58 Å². The molecule has 1 aliphatic heterocycles. The van der Waals surface area contributed by atoms with Crippen LogP contribution in [0.4, 0.5) is 10.5 Å². The zero-order valence-electron chi connectivity index (χ0n) is 30.6. The Morgan fingerprint density at radius 1 is 0.923 bits per heavy atom. The molecule has 1 saturated heterocycles. The highest BCUT2D eigenvalue weighted by Crippen LogP contribution is 2.27. The summed E-state index contributed by atoms with van der Waals surface area (Å²) < 4.78 is 16.9. The van der Waals surface area contributed by atoms with Crippen LogP contribution < -0.4 is 16.0 Å². The number of ether oxygens (including phenoxy) is 2. The van der Waals surface area contributed by atoms with Crippen molar-refractivity contribution in [2.45, 2.75) is 84.1 Å². The van der Waals surface area contributed by atoms with Gasteiger partial charge in [0.2, 0.25) is 11.8 Å². The van der Waals surface area contributed by atoms with E-state index in [1.807, 2.05) is 60.7 Å². The maximum Gasteiger partial charge on any atom is 0.408 e. The standard InChI is InChI=1S/C40H49N5O7/c1-39(2,3)51-38(49)43-40(4,5)37(48)42-33(26-50-25-28-12-8-6-9-13-28)36(47)45-22-20-27(21-23-45)16-19-32-31-18-17-30(24-34(31)52-44-32)41-35(46)29-14-10-7-11-15-29/h6-15,17-18,24,27,33H,16,19-23,25-26H2,1-5H3,(H,41,46)(H,42,48)(H,43,49)/t33-/m1/s1. The highest BCUT2D eigenvalue weighted by molar-refractivity contribution is 6.05. The van der Waals surface area contributed by atoms with E-state index in [1.54, 1.807) is 57.7 Å². The number of rotatable bonds is 13. The summed E-state index contributed by atoms with van der Waals surface area (Å²) in [6, 6.07) is 23.2.